The lowest BCUT2D eigenvalue weighted by Crippen LogP contribution is -2.46. The van der Waals surface area contributed by atoms with Crippen LogP contribution in [0.1, 0.15) is 42.5 Å². The minimum absolute atomic E-state index is 0.121. The summed E-state index contributed by atoms with van der Waals surface area (Å²) in [4.78, 5) is 24.8. The van der Waals surface area contributed by atoms with Gasteiger partial charge in [-0.15, -0.1) is 11.3 Å². The minimum Gasteiger partial charge on any atom is -0.472 e. The Morgan fingerprint density at radius 2 is 2.07 bits per heavy atom. The zero-order valence-corrected chi connectivity index (χ0v) is 15.9. The van der Waals surface area contributed by atoms with E-state index in [-0.39, 0.29) is 6.54 Å². The Hall–Kier alpha value is -2.38. The topological polar surface area (TPSA) is 91.6 Å². The average Bonchev–Trinajstić information content (AvgIpc) is 3.41. The smallest absolute Gasteiger partial charge is 0.309 e. The number of allylic oxidation sites excluding steroid dienone is 1. The monoisotopic (exact) mass is 388 g/mol. The fourth-order valence-corrected chi connectivity index (χ4v) is 4.03. The number of furan rings is 1. The van der Waals surface area contributed by atoms with E-state index in [1.807, 2.05) is 11.4 Å². The lowest BCUT2D eigenvalue weighted by Gasteiger charge is -2.26. The van der Waals surface area contributed by atoms with E-state index < -0.39 is 17.4 Å². The van der Waals surface area contributed by atoms with Gasteiger partial charge >= 0.3 is 11.8 Å². The second-order valence-electron chi connectivity index (χ2n) is 6.65. The number of nitrogens with one attached hydrogen (secondary N) is 2. The molecular formula is C20H24N2O4S. The molecule has 2 amide bonds. The van der Waals surface area contributed by atoms with Crippen molar-refractivity contribution in [2.24, 2.45) is 0 Å². The van der Waals surface area contributed by atoms with Crippen molar-refractivity contribution in [3.05, 3.63) is 58.2 Å². The van der Waals surface area contributed by atoms with Gasteiger partial charge in [0.05, 0.1) is 19.1 Å². The van der Waals surface area contributed by atoms with Gasteiger partial charge in [-0.25, -0.2) is 0 Å². The van der Waals surface area contributed by atoms with E-state index in [1.165, 1.54) is 42.3 Å². The van der Waals surface area contributed by atoms with Gasteiger partial charge < -0.3 is 20.2 Å². The Kier molecular flexibility index (Phi) is 6.47. The van der Waals surface area contributed by atoms with Crippen LogP contribution in [0.15, 0.2) is 52.2 Å². The number of rotatable bonds is 7. The summed E-state index contributed by atoms with van der Waals surface area (Å²) in [5.74, 6) is -1.45. The standard InChI is InChI=1S/C20H24N2O4S/c23-18(21-10-8-15-5-2-1-3-6-15)19(24)22-14-20(25,16-9-11-26-13-16)17-7-4-12-27-17/h4-5,7,9,11-13,25H,1-3,6,8,10,14H2,(H,21,23)(H,22,24)/t20-/m0/s1. The van der Waals surface area contributed by atoms with Crippen molar-refractivity contribution in [3.63, 3.8) is 0 Å². The zero-order chi connectivity index (χ0) is 19.1. The van der Waals surface area contributed by atoms with Gasteiger partial charge in [-0.05, 0) is 49.6 Å². The van der Waals surface area contributed by atoms with Crippen LogP contribution in [0.2, 0.25) is 0 Å². The van der Waals surface area contributed by atoms with Gasteiger partial charge in [-0.2, -0.15) is 0 Å². The molecule has 0 unspecified atom stereocenters. The number of hydrogen-bond acceptors (Lipinski definition) is 5. The van der Waals surface area contributed by atoms with Crippen LogP contribution in [-0.4, -0.2) is 30.0 Å². The SMILES string of the molecule is O=C(NCCC1=CCCCC1)C(=O)NC[C@](O)(c1ccoc1)c1cccs1. The van der Waals surface area contributed by atoms with E-state index in [2.05, 4.69) is 16.7 Å². The predicted octanol–water partition coefficient (Wildman–Crippen LogP) is 2.70. The summed E-state index contributed by atoms with van der Waals surface area (Å²) in [6.45, 7) is 0.319. The van der Waals surface area contributed by atoms with Crippen molar-refractivity contribution < 1.29 is 19.1 Å². The third-order valence-corrected chi connectivity index (χ3v) is 5.78. The fourth-order valence-electron chi connectivity index (χ4n) is 3.18. The molecular weight excluding hydrogens is 364 g/mol. The second-order valence-corrected chi connectivity index (χ2v) is 7.59. The second kappa shape index (κ2) is 9.01. The first-order chi connectivity index (χ1) is 13.1. The van der Waals surface area contributed by atoms with Gasteiger partial charge in [0.2, 0.25) is 0 Å². The first-order valence-corrected chi connectivity index (χ1v) is 10.0. The van der Waals surface area contributed by atoms with Gasteiger partial charge in [-0.1, -0.05) is 17.7 Å². The number of hydrogen-bond donors (Lipinski definition) is 3. The van der Waals surface area contributed by atoms with E-state index in [0.717, 1.165) is 19.3 Å². The van der Waals surface area contributed by atoms with Gasteiger partial charge in [0.15, 0.2) is 0 Å². The maximum absolute atomic E-state index is 12.1. The lowest BCUT2D eigenvalue weighted by molar-refractivity contribution is -0.139. The Labute approximate surface area is 162 Å². The van der Waals surface area contributed by atoms with E-state index in [9.17, 15) is 14.7 Å². The van der Waals surface area contributed by atoms with Gasteiger partial charge in [-0.3, -0.25) is 9.59 Å². The van der Waals surface area contributed by atoms with Crippen molar-refractivity contribution in [2.75, 3.05) is 13.1 Å². The van der Waals surface area contributed by atoms with Gasteiger partial charge in [0, 0.05) is 17.0 Å². The van der Waals surface area contributed by atoms with E-state index in [0.29, 0.717) is 17.0 Å². The van der Waals surface area contributed by atoms with E-state index in [4.69, 9.17) is 4.42 Å². The van der Waals surface area contributed by atoms with Crippen LogP contribution < -0.4 is 10.6 Å². The Bertz CT molecular complexity index is 747. The number of thiophene rings is 1. The molecule has 0 saturated carbocycles. The molecule has 7 heteroatoms. The molecule has 2 aromatic rings. The molecule has 6 nitrogen and oxygen atoms in total. The lowest BCUT2D eigenvalue weighted by atomic mass is 9.94. The van der Waals surface area contributed by atoms with Crippen LogP contribution in [0.3, 0.4) is 0 Å². The van der Waals surface area contributed by atoms with Crippen molar-refractivity contribution in [1.29, 1.82) is 0 Å². The third-order valence-electron chi connectivity index (χ3n) is 4.76. The largest absolute Gasteiger partial charge is 0.472 e. The molecule has 1 aliphatic rings. The summed E-state index contributed by atoms with van der Waals surface area (Å²) >= 11 is 1.37. The molecule has 144 valence electrons. The molecule has 1 aliphatic carbocycles. The quantitative estimate of drug-likeness (QED) is 0.502. The fraction of sp³-hybridized carbons (Fsp3) is 0.400. The molecule has 0 saturated heterocycles. The van der Waals surface area contributed by atoms with Crippen LogP contribution in [0.25, 0.3) is 0 Å². The molecule has 0 radical (unpaired) electrons. The molecule has 1 atom stereocenters. The Morgan fingerprint density at radius 1 is 1.22 bits per heavy atom. The van der Waals surface area contributed by atoms with Crippen LogP contribution in [0.5, 0.6) is 0 Å². The molecule has 0 aliphatic heterocycles. The van der Waals surface area contributed by atoms with Crippen molar-refractivity contribution in [2.45, 2.75) is 37.7 Å². The third kappa shape index (κ3) is 4.87. The first-order valence-electron chi connectivity index (χ1n) is 9.12. The van der Waals surface area contributed by atoms with E-state index in [1.54, 1.807) is 12.1 Å². The molecule has 0 spiro atoms. The molecule has 3 rings (SSSR count). The van der Waals surface area contributed by atoms with Crippen LogP contribution in [0, 0.1) is 0 Å². The van der Waals surface area contributed by atoms with Crippen molar-refractivity contribution in [3.8, 4) is 0 Å². The molecule has 2 heterocycles. The highest BCUT2D eigenvalue weighted by Gasteiger charge is 2.34. The number of carbonyl (C=O) groups excluding carboxylic acids is 2. The molecule has 0 fully saturated rings. The molecule has 0 bridgehead atoms. The minimum atomic E-state index is -1.44. The highest BCUT2D eigenvalue weighted by Crippen LogP contribution is 2.32. The average molecular weight is 388 g/mol. The maximum atomic E-state index is 12.1. The summed E-state index contributed by atoms with van der Waals surface area (Å²) in [7, 11) is 0. The van der Waals surface area contributed by atoms with Crippen LogP contribution in [0.4, 0.5) is 0 Å². The Morgan fingerprint density at radius 3 is 2.74 bits per heavy atom. The highest BCUT2D eigenvalue weighted by molar-refractivity contribution is 7.10. The molecule has 3 N–H and O–H groups in total. The first kappa shape index (κ1) is 19.4. The normalized spacial score (nSPS) is 16.3. The van der Waals surface area contributed by atoms with Crippen LogP contribution >= 0.6 is 11.3 Å². The number of amides is 2. The molecule has 27 heavy (non-hydrogen) atoms. The molecule has 0 aromatic carbocycles. The summed E-state index contributed by atoms with van der Waals surface area (Å²) in [6, 6.07) is 5.24. The molecule has 2 aromatic heterocycles. The van der Waals surface area contributed by atoms with Crippen molar-refractivity contribution in [1.82, 2.24) is 10.6 Å². The number of carbonyl (C=O) groups is 2. The maximum Gasteiger partial charge on any atom is 0.309 e. The van der Waals surface area contributed by atoms with Crippen molar-refractivity contribution >= 4 is 23.2 Å². The Balaban J connectivity index is 1.53. The summed E-state index contributed by atoms with van der Waals surface area (Å²) < 4.78 is 5.07. The van der Waals surface area contributed by atoms with Crippen LogP contribution in [-0.2, 0) is 15.2 Å². The predicted molar refractivity (Wildman–Crippen MR) is 103 cm³/mol. The van der Waals surface area contributed by atoms with Gasteiger partial charge in [0.1, 0.15) is 5.60 Å². The van der Waals surface area contributed by atoms with Gasteiger partial charge in [0.25, 0.3) is 0 Å². The highest BCUT2D eigenvalue weighted by atomic mass is 32.1. The summed E-state index contributed by atoms with van der Waals surface area (Å²) in [5.41, 5.74) is 0.424. The summed E-state index contributed by atoms with van der Waals surface area (Å²) in [6.07, 6.45) is 10.5. The zero-order valence-electron chi connectivity index (χ0n) is 15.1. The number of aliphatic hydroxyl groups is 1. The summed E-state index contributed by atoms with van der Waals surface area (Å²) in [5, 5.41) is 18.1. The van der Waals surface area contributed by atoms with E-state index >= 15 is 0 Å².